The van der Waals surface area contributed by atoms with Gasteiger partial charge in [-0.25, -0.2) is 4.98 Å². The molecule has 1 atom stereocenters. The minimum Gasteiger partial charge on any atom is -0.350 e. The van der Waals surface area contributed by atoms with Gasteiger partial charge in [0.05, 0.1) is 11.4 Å². The van der Waals surface area contributed by atoms with E-state index in [9.17, 15) is 0 Å². The van der Waals surface area contributed by atoms with Gasteiger partial charge in [-0.2, -0.15) is 5.10 Å². The van der Waals surface area contributed by atoms with Gasteiger partial charge in [0.1, 0.15) is 0 Å². The molecule has 1 unspecified atom stereocenters. The van der Waals surface area contributed by atoms with E-state index in [1.807, 2.05) is 0 Å². The van der Waals surface area contributed by atoms with Crippen molar-refractivity contribution in [2.24, 2.45) is 5.92 Å². The van der Waals surface area contributed by atoms with Crippen LogP contribution in [0.15, 0.2) is 0 Å². The first kappa shape index (κ1) is 13.9. The molecule has 4 heteroatoms. The lowest BCUT2D eigenvalue weighted by atomic mass is 10.1. The summed E-state index contributed by atoms with van der Waals surface area (Å²) in [5, 5.41) is 11.7. The largest absolute Gasteiger partial charge is 0.350 e. The van der Waals surface area contributed by atoms with Crippen molar-refractivity contribution in [3.05, 3.63) is 11.4 Å². The third kappa shape index (κ3) is 4.29. The van der Waals surface area contributed by atoms with E-state index in [1.165, 1.54) is 0 Å². The molecule has 1 N–H and O–H groups in total. The van der Waals surface area contributed by atoms with Crippen molar-refractivity contribution in [1.29, 1.82) is 0 Å². The summed E-state index contributed by atoms with van der Waals surface area (Å²) in [5.41, 5.74) is 2.07. The first-order chi connectivity index (χ1) is 8.06. The molecule has 0 aliphatic heterocycles. The van der Waals surface area contributed by atoms with Crippen molar-refractivity contribution in [2.75, 3.05) is 5.32 Å². The van der Waals surface area contributed by atoms with Crippen LogP contribution in [0.3, 0.4) is 0 Å². The number of nitrogens with one attached hydrogen (secondary N) is 1. The molecule has 0 bridgehead atoms. The first-order valence-electron chi connectivity index (χ1n) is 6.55. The molecular formula is C13H24N4. The van der Waals surface area contributed by atoms with Gasteiger partial charge in [-0.15, -0.1) is 5.10 Å². The van der Waals surface area contributed by atoms with Crippen LogP contribution in [-0.4, -0.2) is 21.2 Å². The van der Waals surface area contributed by atoms with Crippen LogP contribution in [-0.2, 0) is 12.8 Å². The molecule has 1 heterocycles. The van der Waals surface area contributed by atoms with Crippen LogP contribution >= 0.6 is 0 Å². The fourth-order valence-electron chi connectivity index (χ4n) is 1.99. The molecule has 0 spiro atoms. The zero-order chi connectivity index (χ0) is 12.8. The Balaban J connectivity index is 2.72. The van der Waals surface area contributed by atoms with Crippen molar-refractivity contribution in [3.63, 3.8) is 0 Å². The van der Waals surface area contributed by atoms with Gasteiger partial charge in [0.2, 0.25) is 5.95 Å². The van der Waals surface area contributed by atoms with Gasteiger partial charge in [-0.3, -0.25) is 0 Å². The molecule has 0 saturated heterocycles. The van der Waals surface area contributed by atoms with Crippen LogP contribution in [0.5, 0.6) is 0 Å². The Labute approximate surface area is 104 Å². The molecule has 0 aliphatic carbocycles. The second-order valence-electron chi connectivity index (χ2n) is 4.91. The number of aromatic nitrogens is 3. The minimum atomic E-state index is 0.383. The Morgan fingerprint density at radius 3 is 2.18 bits per heavy atom. The van der Waals surface area contributed by atoms with E-state index in [0.29, 0.717) is 17.9 Å². The van der Waals surface area contributed by atoms with Gasteiger partial charge in [0, 0.05) is 6.04 Å². The molecule has 1 aromatic rings. The van der Waals surface area contributed by atoms with Gasteiger partial charge >= 0.3 is 0 Å². The summed E-state index contributed by atoms with van der Waals surface area (Å²) in [5.74, 6) is 1.33. The molecule has 0 aliphatic rings. The topological polar surface area (TPSA) is 50.7 Å². The third-order valence-electron chi connectivity index (χ3n) is 2.71. The average molecular weight is 236 g/mol. The number of aryl methyl sites for hydroxylation is 2. The fourth-order valence-corrected chi connectivity index (χ4v) is 1.99. The minimum absolute atomic E-state index is 0.383. The Hall–Kier alpha value is -1.19. The molecule has 0 aromatic carbocycles. The fraction of sp³-hybridized carbons (Fsp3) is 0.769. The zero-order valence-corrected chi connectivity index (χ0v) is 11.6. The Morgan fingerprint density at radius 2 is 1.65 bits per heavy atom. The van der Waals surface area contributed by atoms with Crippen LogP contribution in [0.1, 0.15) is 52.4 Å². The number of hydrogen-bond acceptors (Lipinski definition) is 4. The predicted octanol–water partition coefficient (Wildman–Crippen LogP) is 2.84. The maximum absolute atomic E-state index is 4.52. The molecular weight excluding hydrogens is 212 g/mol. The molecule has 0 fully saturated rings. The highest BCUT2D eigenvalue weighted by Crippen LogP contribution is 2.11. The van der Waals surface area contributed by atoms with Crippen LogP contribution in [0.25, 0.3) is 0 Å². The van der Waals surface area contributed by atoms with Crippen LogP contribution < -0.4 is 5.32 Å². The van der Waals surface area contributed by atoms with Gasteiger partial charge in [0.25, 0.3) is 0 Å². The lowest BCUT2D eigenvalue weighted by Crippen LogP contribution is -2.20. The molecule has 1 aromatic heterocycles. The van der Waals surface area contributed by atoms with Gasteiger partial charge in [-0.1, -0.05) is 27.7 Å². The van der Waals surface area contributed by atoms with Gasteiger partial charge in [0.15, 0.2) is 0 Å². The van der Waals surface area contributed by atoms with Crippen molar-refractivity contribution in [3.8, 4) is 0 Å². The second-order valence-corrected chi connectivity index (χ2v) is 4.91. The summed E-state index contributed by atoms with van der Waals surface area (Å²) in [4.78, 5) is 4.52. The number of hydrogen-bond donors (Lipinski definition) is 1. The van der Waals surface area contributed by atoms with E-state index in [2.05, 4.69) is 55.1 Å². The van der Waals surface area contributed by atoms with Crippen molar-refractivity contribution in [1.82, 2.24) is 15.2 Å². The molecule has 0 amide bonds. The number of rotatable bonds is 6. The summed E-state index contributed by atoms with van der Waals surface area (Å²) >= 11 is 0. The Kier molecular flexibility index (Phi) is 5.32. The molecule has 0 saturated carbocycles. The van der Waals surface area contributed by atoms with E-state index in [0.717, 1.165) is 30.7 Å². The quantitative estimate of drug-likeness (QED) is 0.825. The Bertz CT molecular complexity index is 349. The maximum Gasteiger partial charge on any atom is 0.243 e. The summed E-state index contributed by atoms with van der Waals surface area (Å²) in [6.45, 7) is 10.8. The highest BCUT2D eigenvalue weighted by molar-refractivity contribution is 5.26. The van der Waals surface area contributed by atoms with Gasteiger partial charge in [-0.05, 0) is 32.1 Å². The van der Waals surface area contributed by atoms with E-state index < -0.39 is 0 Å². The maximum atomic E-state index is 4.52. The smallest absolute Gasteiger partial charge is 0.243 e. The number of nitrogens with zero attached hydrogens (tertiary/aromatic N) is 3. The average Bonchev–Trinajstić information content (AvgIpc) is 2.27. The van der Waals surface area contributed by atoms with E-state index in [1.54, 1.807) is 0 Å². The van der Waals surface area contributed by atoms with Crippen molar-refractivity contribution in [2.45, 2.75) is 59.9 Å². The predicted molar refractivity (Wildman–Crippen MR) is 71.1 cm³/mol. The highest BCUT2D eigenvalue weighted by atomic mass is 15.2. The van der Waals surface area contributed by atoms with Crippen LogP contribution in [0.4, 0.5) is 5.95 Å². The van der Waals surface area contributed by atoms with Gasteiger partial charge < -0.3 is 5.32 Å². The van der Waals surface area contributed by atoms with E-state index in [4.69, 9.17) is 0 Å². The SMILES string of the molecule is CCc1nnc(NC(C)CC(C)C)nc1CC. The zero-order valence-electron chi connectivity index (χ0n) is 11.6. The Morgan fingerprint density at radius 1 is 1.00 bits per heavy atom. The summed E-state index contributed by atoms with van der Waals surface area (Å²) in [6, 6.07) is 0.383. The molecule has 0 radical (unpaired) electrons. The lowest BCUT2D eigenvalue weighted by molar-refractivity contribution is 0.536. The molecule has 17 heavy (non-hydrogen) atoms. The standard InChI is InChI=1S/C13H24N4/c1-6-11-12(7-2)16-17-13(15-11)14-10(5)8-9(3)4/h9-10H,6-8H2,1-5H3,(H,14,15,17). The first-order valence-corrected chi connectivity index (χ1v) is 6.55. The van der Waals surface area contributed by atoms with E-state index >= 15 is 0 Å². The highest BCUT2D eigenvalue weighted by Gasteiger charge is 2.09. The normalized spacial score (nSPS) is 12.8. The third-order valence-corrected chi connectivity index (χ3v) is 2.71. The van der Waals surface area contributed by atoms with Crippen molar-refractivity contribution >= 4 is 5.95 Å². The molecule has 4 nitrogen and oxygen atoms in total. The van der Waals surface area contributed by atoms with Crippen molar-refractivity contribution < 1.29 is 0 Å². The monoisotopic (exact) mass is 236 g/mol. The van der Waals surface area contributed by atoms with Crippen LogP contribution in [0, 0.1) is 5.92 Å². The lowest BCUT2D eigenvalue weighted by Gasteiger charge is -2.16. The van der Waals surface area contributed by atoms with Crippen LogP contribution in [0.2, 0.25) is 0 Å². The summed E-state index contributed by atoms with van der Waals surface area (Å²) < 4.78 is 0. The summed E-state index contributed by atoms with van der Waals surface area (Å²) in [7, 11) is 0. The summed E-state index contributed by atoms with van der Waals surface area (Å²) in [6.07, 6.45) is 2.91. The molecule has 96 valence electrons. The number of anilines is 1. The second kappa shape index (κ2) is 6.52. The molecule has 1 rings (SSSR count). The van der Waals surface area contributed by atoms with E-state index in [-0.39, 0.29) is 0 Å².